The molecule has 0 saturated carbocycles. The van der Waals surface area contributed by atoms with Crippen molar-refractivity contribution in [2.75, 3.05) is 26.2 Å². The Labute approximate surface area is 136 Å². The van der Waals surface area contributed by atoms with Gasteiger partial charge in [-0.2, -0.15) is 0 Å². The lowest BCUT2D eigenvalue weighted by atomic mass is 9.92. The molecule has 124 valence electrons. The molecule has 2 atom stereocenters. The number of hydrogen-bond acceptors (Lipinski definition) is 1. The molecule has 1 aromatic rings. The van der Waals surface area contributed by atoms with E-state index < -0.39 is 0 Å². The fourth-order valence-electron chi connectivity index (χ4n) is 4.17. The van der Waals surface area contributed by atoms with Crippen molar-refractivity contribution in [3.05, 3.63) is 28.8 Å². The summed E-state index contributed by atoms with van der Waals surface area (Å²) >= 11 is 0. The van der Waals surface area contributed by atoms with Gasteiger partial charge in [-0.3, -0.25) is 0 Å². The quantitative estimate of drug-likeness (QED) is 0.796. The summed E-state index contributed by atoms with van der Waals surface area (Å²) in [6.45, 7) is 16.1. The normalized spacial score (nSPS) is 25.2. The number of rotatable bonds is 6. The molecule has 0 aliphatic carbocycles. The monoisotopic (exact) mass is 304 g/mol. The minimum Gasteiger partial charge on any atom is -0.493 e. The maximum atomic E-state index is 6.04. The molecule has 22 heavy (non-hydrogen) atoms. The zero-order chi connectivity index (χ0) is 16.1. The Morgan fingerprint density at radius 2 is 1.59 bits per heavy atom. The van der Waals surface area contributed by atoms with E-state index in [0.29, 0.717) is 0 Å². The predicted molar refractivity (Wildman–Crippen MR) is 93.9 cm³/mol. The topological polar surface area (TPSA) is 13.7 Å². The molecule has 1 saturated heterocycles. The third kappa shape index (κ3) is 5.01. The fraction of sp³-hybridized carbons (Fsp3) is 0.700. The number of hydrogen-bond donors (Lipinski definition) is 1. The van der Waals surface area contributed by atoms with Crippen LogP contribution in [-0.2, 0) is 0 Å². The average molecular weight is 304 g/mol. The number of likely N-dealkylation sites (tertiary alicyclic amines) is 1. The molecule has 2 nitrogen and oxygen atoms in total. The van der Waals surface area contributed by atoms with E-state index in [4.69, 9.17) is 4.74 Å². The Balaban J connectivity index is 1.69. The number of unbranched alkanes of at least 4 members (excludes halogenated alkanes) is 1. The van der Waals surface area contributed by atoms with Gasteiger partial charge in [0.25, 0.3) is 0 Å². The van der Waals surface area contributed by atoms with Gasteiger partial charge in [0.15, 0.2) is 0 Å². The number of benzene rings is 1. The Morgan fingerprint density at radius 3 is 2.18 bits per heavy atom. The van der Waals surface area contributed by atoms with Crippen molar-refractivity contribution in [2.24, 2.45) is 11.8 Å². The first-order valence-corrected chi connectivity index (χ1v) is 9.00. The average Bonchev–Trinajstić information content (AvgIpc) is 2.39. The summed E-state index contributed by atoms with van der Waals surface area (Å²) < 4.78 is 6.04. The highest BCUT2D eigenvalue weighted by Gasteiger charge is 2.24. The molecule has 1 heterocycles. The van der Waals surface area contributed by atoms with E-state index in [1.807, 2.05) is 0 Å². The van der Waals surface area contributed by atoms with Crippen LogP contribution in [-0.4, -0.2) is 26.2 Å². The fourth-order valence-corrected chi connectivity index (χ4v) is 4.17. The number of ether oxygens (including phenoxy) is 1. The van der Waals surface area contributed by atoms with Crippen LogP contribution in [0.4, 0.5) is 0 Å². The van der Waals surface area contributed by atoms with E-state index in [0.717, 1.165) is 24.2 Å². The maximum Gasteiger partial charge on any atom is 0.125 e. The first-order valence-electron chi connectivity index (χ1n) is 9.00. The van der Waals surface area contributed by atoms with Crippen LogP contribution in [0.1, 0.15) is 49.8 Å². The van der Waals surface area contributed by atoms with Crippen LogP contribution in [0, 0.1) is 32.6 Å². The number of aryl methyl sites for hydroxylation is 3. The maximum absolute atomic E-state index is 6.04. The second-order valence-electron chi connectivity index (χ2n) is 7.64. The lowest BCUT2D eigenvalue weighted by Crippen LogP contribution is -3.14. The second kappa shape index (κ2) is 8.01. The summed E-state index contributed by atoms with van der Waals surface area (Å²) in [5, 5.41) is 0. The number of piperidine rings is 1. The molecular formula is C20H34NO+. The Hall–Kier alpha value is -1.02. The molecule has 2 rings (SSSR count). The number of quaternary nitrogens is 1. The van der Waals surface area contributed by atoms with Crippen molar-refractivity contribution in [2.45, 2.75) is 53.9 Å². The van der Waals surface area contributed by atoms with Crippen molar-refractivity contribution in [1.82, 2.24) is 0 Å². The van der Waals surface area contributed by atoms with Gasteiger partial charge in [-0.1, -0.05) is 31.5 Å². The lowest BCUT2D eigenvalue weighted by Gasteiger charge is -2.32. The van der Waals surface area contributed by atoms with Crippen LogP contribution < -0.4 is 9.64 Å². The van der Waals surface area contributed by atoms with Crippen LogP contribution >= 0.6 is 0 Å². The lowest BCUT2D eigenvalue weighted by molar-refractivity contribution is -0.912. The smallest absolute Gasteiger partial charge is 0.125 e. The first-order chi connectivity index (χ1) is 10.5. The Kier molecular flexibility index (Phi) is 6.31. The third-order valence-electron chi connectivity index (χ3n) is 4.85. The van der Waals surface area contributed by atoms with E-state index in [1.165, 1.54) is 55.6 Å². The van der Waals surface area contributed by atoms with Gasteiger partial charge in [0.05, 0.1) is 26.2 Å². The van der Waals surface area contributed by atoms with E-state index in [1.54, 1.807) is 4.90 Å². The highest BCUT2D eigenvalue weighted by Crippen LogP contribution is 2.24. The highest BCUT2D eigenvalue weighted by molar-refractivity contribution is 5.42. The molecular weight excluding hydrogens is 270 g/mol. The van der Waals surface area contributed by atoms with Crippen molar-refractivity contribution in [1.29, 1.82) is 0 Å². The summed E-state index contributed by atoms with van der Waals surface area (Å²) in [6.07, 6.45) is 3.86. The molecule has 1 aliphatic rings. The van der Waals surface area contributed by atoms with Gasteiger partial charge in [0, 0.05) is 11.8 Å². The second-order valence-corrected chi connectivity index (χ2v) is 7.64. The molecule has 1 aliphatic heterocycles. The minimum atomic E-state index is 0.850. The summed E-state index contributed by atoms with van der Waals surface area (Å²) in [6, 6.07) is 4.42. The molecule has 0 radical (unpaired) electrons. The van der Waals surface area contributed by atoms with Gasteiger partial charge < -0.3 is 9.64 Å². The molecule has 0 aromatic heterocycles. The van der Waals surface area contributed by atoms with Gasteiger partial charge >= 0.3 is 0 Å². The molecule has 0 bridgehead atoms. The molecule has 1 N–H and O–H groups in total. The largest absolute Gasteiger partial charge is 0.493 e. The van der Waals surface area contributed by atoms with Gasteiger partial charge in [-0.05, 0) is 51.2 Å². The molecule has 0 amide bonds. The van der Waals surface area contributed by atoms with Gasteiger partial charge in [0.1, 0.15) is 5.75 Å². The molecule has 0 unspecified atom stereocenters. The van der Waals surface area contributed by atoms with E-state index in [-0.39, 0.29) is 0 Å². The van der Waals surface area contributed by atoms with Gasteiger partial charge in [-0.25, -0.2) is 0 Å². The van der Waals surface area contributed by atoms with E-state index >= 15 is 0 Å². The zero-order valence-electron chi connectivity index (χ0n) is 15.2. The van der Waals surface area contributed by atoms with E-state index in [9.17, 15) is 0 Å². The first kappa shape index (κ1) is 17.3. The summed E-state index contributed by atoms with van der Waals surface area (Å²) in [5.74, 6) is 2.89. The van der Waals surface area contributed by atoms with Crippen LogP contribution in [0.5, 0.6) is 5.75 Å². The van der Waals surface area contributed by atoms with Gasteiger partial charge in [0.2, 0.25) is 0 Å². The van der Waals surface area contributed by atoms with Gasteiger partial charge in [-0.15, -0.1) is 0 Å². The van der Waals surface area contributed by atoms with Crippen molar-refractivity contribution in [3.8, 4) is 5.75 Å². The highest BCUT2D eigenvalue weighted by atomic mass is 16.5. The summed E-state index contributed by atoms with van der Waals surface area (Å²) in [5.41, 5.74) is 3.85. The standard InChI is InChI=1S/C20H33NO/c1-15-11-18(4)20(19(5)12-15)22-9-7-6-8-21-13-16(2)10-17(3)14-21/h11-12,16-17H,6-10,13-14H2,1-5H3/p+1/t16-,17-/m1/s1. The molecule has 0 spiro atoms. The minimum absolute atomic E-state index is 0.850. The van der Waals surface area contributed by atoms with Crippen molar-refractivity contribution >= 4 is 0 Å². The number of nitrogens with one attached hydrogen (secondary N) is 1. The summed E-state index contributed by atoms with van der Waals surface area (Å²) in [4.78, 5) is 1.80. The van der Waals surface area contributed by atoms with Crippen LogP contribution in [0.25, 0.3) is 0 Å². The molecule has 1 fully saturated rings. The Bertz CT molecular complexity index is 450. The van der Waals surface area contributed by atoms with Crippen LogP contribution in [0.3, 0.4) is 0 Å². The van der Waals surface area contributed by atoms with E-state index in [2.05, 4.69) is 46.8 Å². The third-order valence-corrected chi connectivity index (χ3v) is 4.85. The summed E-state index contributed by atoms with van der Waals surface area (Å²) in [7, 11) is 0. The van der Waals surface area contributed by atoms with Crippen molar-refractivity contribution < 1.29 is 9.64 Å². The van der Waals surface area contributed by atoms with Crippen LogP contribution in [0.2, 0.25) is 0 Å². The van der Waals surface area contributed by atoms with Crippen LogP contribution in [0.15, 0.2) is 12.1 Å². The van der Waals surface area contributed by atoms with Crippen molar-refractivity contribution in [3.63, 3.8) is 0 Å². The predicted octanol–water partition coefficient (Wildman–Crippen LogP) is 3.33. The Morgan fingerprint density at radius 1 is 1.00 bits per heavy atom. The SMILES string of the molecule is Cc1cc(C)c(OCCCC[NH+]2C[C@H](C)C[C@@H](C)C2)c(C)c1. The molecule has 1 aromatic carbocycles. The zero-order valence-corrected chi connectivity index (χ0v) is 15.2. The molecule has 2 heteroatoms.